The first-order valence-electron chi connectivity index (χ1n) is 8.05. The van der Waals surface area contributed by atoms with Crippen LogP contribution in [-0.2, 0) is 14.3 Å². The van der Waals surface area contributed by atoms with Gasteiger partial charge in [-0.25, -0.2) is 4.79 Å². The van der Waals surface area contributed by atoms with Crippen molar-refractivity contribution in [2.45, 2.75) is 78.6 Å². The highest BCUT2D eigenvalue weighted by atomic mass is 16.6. The number of nitrogens with one attached hydrogen (secondary N) is 1. The first-order valence-corrected chi connectivity index (χ1v) is 8.05. The zero-order valence-corrected chi connectivity index (χ0v) is 14.6. The molecule has 1 N–H and O–H groups in total. The maximum absolute atomic E-state index is 11.9. The van der Waals surface area contributed by atoms with E-state index in [4.69, 9.17) is 9.47 Å². The summed E-state index contributed by atoms with van der Waals surface area (Å²) in [7, 11) is 0. The van der Waals surface area contributed by atoms with Crippen LogP contribution in [0.3, 0.4) is 0 Å². The zero-order chi connectivity index (χ0) is 17.2. The molecule has 0 aliphatic carbocycles. The Bertz CT molecular complexity index is 360. The fourth-order valence-electron chi connectivity index (χ4n) is 1.87. The average Bonchev–Trinajstić information content (AvgIpc) is 2.37. The van der Waals surface area contributed by atoms with Gasteiger partial charge >= 0.3 is 12.1 Å². The van der Waals surface area contributed by atoms with Crippen LogP contribution in [-0.4, -0.2) is 23.9 Å². The number of hydrogen-bond donors (Lipinski definition) is 1. The number of rotatable bonds is 9. The largest absolute Gasteiger partial charge is 0.444 e. The molecule has 1 amide bonds. The predicted octanol–water partition coefficient (Wildman–Crippen LogP) is 4.17. The zero-order valence-electron chi connectivity index (χ0n) is 14.6. The van der Waals surface area contributed by atoms with Crippen LogP contribution in [0.15, 0.2) is 12.7 Å². The lowest BCUT2D eigenvalue weighted by molar-refractivity contribution is -0.152. The molecular weight excluding hydrogens is 282 g/mol. The minimum absolute atomic E-state index is 0.150. The molecule has 0 aliphatic rings. The van der Waals surface area contributed by atoms with E-state index in [1.54, 1.807) is 26.8 Å². The summed E-state index contributed by atoms with van der Waals surface area (Å²) < 4.78 is 10.6. The summed E-state index contributed by atoms with van der Waals surface area (Å²) in [5.74, 6) is -0.461. The lowest BCUT2D eigenvalue weighted by atomic mass is 10.1. The SMILES string of the molecule is C=C[C@@H](CC)C(NC(=O)OC(C)(C)C)OC(=O)CCCCC. The molecule has 0 rings (SSSR count). The molecule has 0 aromatic heterocycles. The van der Waals surface area contributed by atoms with Gasteiger partial charge in [0.2, 0.25) is 0 Å². The summed E-state index contributed by atoms with van der Waals surface area (Å²) in [6, 6.07) is 0. The smallest absolute Gasteiger partial charge is 0.410 e. The molecule has 22 heavy (non-hydrogen) atoms. The first-order chi connectivity index (χ1) is 10.2. The van der Waals surface area contributed by atoms with Gasteiger partial charge in [0.25, 0.3) is 0 Å². The Balaban J connectivity index is 4.66. The Hall–Kier alpha value is -1.52. The topological polar surface area (TPSA) is 64.6 Å². The fraction of sp³-hybridized carbons (Fsp3) is 0.765. The molecular formula is C17H31NO4. The van der Waals surface area contributed by atoms with Crippen molar-refractivity contribution in [1.82, 2.24) is 5.32 Å². The Morgan fingerprint density at radius 1 is 1.23 bits per heavy atom. The fourth-order valence-corrected chi connectivity index (χ4v) is 1.87. The highest BCUT2D eigenvalue weighted by Gasteiger charge is 2.26. The van der Waals surface area contributed by atoms with Crippen molar-refractivity contribution in [1.29, 1.82) is 0 Å². The van der Waals surface area contributed by atoms with Gasteiger partial charge in [-0.2, -0.15) is 0 Å². The monoisotopic (exact) mass is 313 g/mol. The molecule has 0 saturated heterocycles. The van der Waals surface area contributed by atoms with Crippen molar-refractivity contribution in [2.75, 3.05) is 0 Å². The van der Waals surface area contributed by atoms with E-state index >= 15 is 0 Å². The van der Waals surface area contributed by atoms with E-state index in [9.17, 15) is 9.59 Å². The number of hydrogen-bond acceptors (Lipinski definition) is 4. The van der Waals surface area contributed by atoms with Gasteiger partial charge < -0.3 is 9.47 Å². The van der Waals surface area contributed by atoms with Crippen molar-refractivity contribution < 1.29 is 19.1 Å². The van der Waals surface area contributed by atoms with Gasteiger partial charge in [0.15, 0.2) is 6.23 Å². The third kappa shape index (κ3) is 9.42. The van der Waals surface area contributed by atoms with E-state index in [1.807, 2.05) is 6.92 Å². The number of carbonyl (C=O) groups is 2. The number of amides is 1. The molecule has 0 aliphatic heterocycles. The van der Waals surface area contributed by atoms with Crippen LogP contribution in [0.25, 0.3) is 0 Å². The van der Waals surface area contributed by atoms with E-state index in [0.29, 0.717) is 12.8 Å². The van der Waals surface area contributed by atoms with Crippen LogP contribution < -0.4 is 5.32 Å². The van der Waals surface area contributed by atoms with Crippen molar-refractivity contribution in [2.24, 2.45) is 5.92 Å². The molecule has 2 atom stereocenters. The first kappa shape index (κ1) is 20.5. The molecule has 5 nitrogen and oxygen atoms in total. The number of unbranched alkanes of at least 4 members (excludes halogenated alkanes) is 2. The van der Waals surface area contributed by atoms with E-state index < -0.39 is 17.9 Å². The van der Waals surface area contributed by atoms with Crippen LogP contribution >= 0.6 is 0 Å². The number of esters is 1. The molecule has 5 heteroatoms. The Morgan fingerprint density at radius 2 is 1.86 bits per heavy atom. The van der Waals surface area contributed by atoms with Gasteiger partial charge in [0, 0.05) is 12.3 Å². The van der Waals surface area contributed by atoms with E-state index in [2.05, 4.69) is 18.8 Å². The molecule has 128 valence electrons. The van der Waals surface area contributed by atoms with E-state index in [-0.39, 0.29) is 11.9 Å². The summed E-state index contributed by atoms with van der Waals surface area (Å²) in [5, 5.41) is 2.62. The molecule has 0 aromatic rings. The van der Waals surface area contributed by atoms with Gasteiger partial charge in [-0.15, -0.1) is 6.58 Å². The lowest BCUT2D eigenvalue weighted by Crippen LogP contribution is -2.45. The van der Waals surface area contributed by atoms with Crippen LogP contribution in [0.2, 0.25) is 0 Å². The summed E-state index contributed by atoms with van der Waals surface area (Å²) in [6.45, 7) is 13.1. The van der Waals surface area contributed by atoms with Crippen molar-refractivity contribution in [3.8, 4) is 0 Å². The van der Waals surface area contributed by atoms with Crippen LogP contribution in [0.5, 0.6) is 0 Å². The van der Waals surface area contributed by atoms with Gasteiger partial charge in [0.1, 0.15) is 5.60 Å². The summed E-state index contributed by atoms with van der Waals surface area (Å²) in [4.78, 5) is 23.8. The van der Waals surface area contributed by atoms with Crippen LogP contribution in [0.1, 0.15) is 66.7 Å². The van der Waals surface area contributed by atoms with Crippen molar-refractivity contribution in [3.05, 3.63) is 12.7 Å². The third-order valence-corrected chi connectivity index (χ3v) is 3.06. The Labute approximate surface area is 134 Å². The normalized spacial score (nSPS) is 13.9. The minimum atomic E-state index is -0.744. The van der Waals surface area contributed by atoms with Gasteiger partial charge in [-0.3, -0.25) is 10.1 Å². The quantitative estimate of drug-likeness (QED) is 0.300. The van der Waals surface area contributed by atoms with Gasteiger partial charge in [-0.1, -0.05) is 32.8 Å². The Kier molecular flexibility index (Phi) is 9.54. The maximum Gasteiger partial charge on any atom is 0.410 e. The highest BCUT2D eigenvalue weighted by Crippen LogP contribution is 2.15. The minimum Gasteiger partial charge on any atom is -0.444 e. The average molecular weight is 313 g/mol. The van der Waals surface area contributed by atoms with E-state index in [1.165, 1.54) is 0 Å². The second kappa shape index (κ2) is 10.2. The molecule has 0 spiro atoms. The molecule has 0 heterocycles. The standard InChI is InChI=1S/C17H31NO4/c1-7-10-11-12-14(19)21-15(13(8-2)9-3)18-16(20)22-17(4,5)6/h8,13,15H,2,7,9-12H2,1,3-6H3,(H,18,20)/t13-,15?/m0/s1. The van der Waals surface area contributed by atoms with E-state index in [0.717, 1.165) is 19.3 Å². The maximum atomic E-state index is 11.9. The molecule has 0 aromatic carbocycles. The number of alkyl carbamates (subject to hydrolysis) is 1. The van der Waals surface area contributed by atoms with Crippen LogP contribution in [0, 0.1) is 5.92 Å². The van der Waals surface area contributed by atoms with Crippen molar-refractivity contribution in [3.63, 3.8) is 0 Å². The predicted molar refractivity (Wildman–Crippen MR) is 87.4 cm³/mol. The summed E-state index contributed by atoms with van der Waals surface area (Å²) in [6.07, 6.45) is 4.21. The second-order valence-corrected chi connectivity index (χ2v) is 6.32. The molecule has 0 bridgehead atoms. The lowest BCUT2D eigenvalue weighted by Gasteiger charge is -2.27. The summed E-state index contributed by atoms with van der Waals surface area (Å²) >= 11 is 0. The number of carbonyl (C=O) groups excluding carboxylic acids is 2. The highest BCUT2D eigenvalue weighted by molar-refractivity contribution is 5.71. The van der Waals surface area contributed by atoms with Crippen LogP contribution in [0.4, 0.5) is 4.79 Å². The second-order valence-electron chi connectivity index (χ2n) is 6.32. The Morgan fingerprint density at radius 3 is 2.32 bits per heavy atom. The molecule has 0 fully saturated rings. The third-order valence-electron chi connectivity index (χ3n) is 3.06. The van der Waals surface area contributed by atoms with Gasteiger partial charge in [-0.05, 0) is 33.6 Å². The summed E-state index contributed by atoms with van der Waals surface area (Å²) in [5.41, 5.74) is -0.602. The van der Waals surface area contributed by atoms with Gasteiger partial charge in [0.05, 0.1) is 0 Å². The molecule has 1 unspecified atom stereocenters. The molecule has 0 saturated carbocycles. The van der Waals surface area contributed by atoms with Crippen molar-refractivity contribution >= 4 is 12.1 Å². The number of ether oxygens (including phenoxy) is 2. The molecule has 0 radical (unpaired) electrons.